The van der Waals surface area contributed by atoms with Crippen LogP contribution in [-0.2, 0) is 16.3 Å². The molecule has 0 saturated heterocycles. The second-order valence-electron chi connectivity index (χ2n) is 4.84. The van der Waals surface area contributed by atoms with Crippen molar-refractivity contribution in [3.63, 3.8) is 0 Å². The van der Waals surface area contributed by atoms with Gasteiger partial charge in [0.05, 0.1) is 5.75 Å². The van der Waals surface area contributed by atoms with Gasteiger partial charge in [-0.25, -0.2) is 12.8 Å². The van der Waals surface area contributed by atoms with Gasteiger partial charge in [-0.3, -0.25) is 0 Å². The summed E-state index contributed by atoms with van der Waals surface area (Å²) in [5.41, 5.74) is 6.16. The van der Waals surface area contributed by atoms with E-state index in [-0.39, 0.29) is 11.6 Å². The maximum atomic E-state index is 13.0. The number of sulfone groups is 1. The van der Waals surface area contributed by atoms with Crippen molar-refractivity contribution in [1.82, 2.24) is 0 Å². The third kappa shape index (κ3) is 5.79. The van der Waals surface area contributed by atoms with Gasteiger partial charge in [-0.05, 0) is 37.5 Å². The Bertz CT molecular complexity index is 483. The van der Waals surface area contributed by atoms with Crippen molar-refractivity contribution in [2.75, 3.05) is 12.0 Å². The molecule has 2 N–H and O–H groups in total. The number of hydrogen-bond acceptors (Lipinski definition) is 3. The van der Waals surface area contributed by atoms with Crippen LogP contribution in [0.3, 0.4) is 0 Å². The molecule has 0 aromatic heterocycles. The molecule has 17 heavy (non-hydrogen) atoms. The van der Waals surface area contributed by atoms with Gasteiger partial charge in [0, 0.05) is 11.8 Å². The lowest BCUT2D eigenvalue weighted by atomic mass is 9.91. The van der Waals surface area contributed by atoms with E-state index in [4.69, 9.17) is 5.73 Å². The summed E-state index contributed by atoms with van der Waals surface area (Å²) in [5.74, 6) is -0.253. The second-order valence-corrected chi connectivity index (χ2v) is 7.10. The van der Waals surface area contributed by atoms with Crippen LogP contribution < -0.4 is 5.73 Å². The molecular formula is C12H18FNO2S. The summed E-state index contributed by atoms with van der Waals surface area (Å²) in [4.78, 5) is 0. The van der Waals surface area contributed by atoms with Crippen molar-refractivity contribution >= 4 is 9.84 Å². The van der Waals surface area contributed by atoms with E-state index in [0.29, 0.717) is 12.8 Å². The number of rotatable bonds is 5. The average Bonchev–Trinajstić information content (AvgIpc) is 2.13. The topological polar surface area (TPSA) is 60.2 Å². The van der Waals surface area contributed by atoms with Crippen molar-refractivity contribution in [3.8, 4) is 0 Å². The number of benzene rings is 1. The van der Waals surface area contributed by atoms with E-state index in [0.717, 1.165) is 5.56 Å². The third-order valence-electron chi connectivity index (χ3n) is 2.54. The summed E-state index contributed by atoms with van der Waals surface area (Å²) in [7, 11) is -3.01. The largest absolute Gasteiger partial charge is 0.325 e. The molecule has 96 valence electrons. The number of halogens is 1. The van der Waals surface area contributed by atoms with Crippen LogP contribution in [0.2, 0.25) is 0 Å². The molecule has 0 radical (unpaired) electrons. The Hall–Kier alpha value is -0.940. The first-order chi connectivity index (χ1) is 7.68. The average molecular weight is 259 g/mol. The van der Waals surface area contributed by atoms with Crippen LogP contribution in [0.5, 0.6) is 0 Å². The zero-order valence-electron chi connectivity index (χ0n) is 10.1. The van der Waals surface area contributed by atoms with Crippen molar-refractivity contribution < 1.29 is 12.8 Å². The molecule has 0 fully saturated rings. The minimum Gasteiger partial charge on any atom is -0.325 e. The predicted octanol–water partition coefficient (Wildman–Crippen LogP) is 1.52. The lowest BCUT2D eigenvalue weighted by molar-refractivity contribution is 0.447. The molecule has 0 heterocycles. The molecule has 0 bridgehead atoms. The number of nitrogens with two attached hydrogens (primary N) is 1. The molecule has 1 aromatic carbocycles. The second kappa shape index (κ2) is 5.14. The Labute approximate surface area is 102 Å². The monoisotopic (exact) mass is 259 g/mol. The van der Waals surface area contributed by atoms with Crippen LogP contribution >= 0.6 is 0 Å². The first-order valence-electron chi connectivity index (χ1n) is 5.39. The molecule has 0 aliphatic carbocycles. The Morgan fingerprint density at radius 1 is 1.41 bits per heavy atom. The van der Waals surface area contributed by atoms with Crippen LogP contribution in [0, 0.1) is 5.82 Å². The van der Waals surface area contributed by atoms with E-state index in [1.165, 1.54) is 18.4 Å². The minimum atomic E-state index is -3.01. The van der Waals surface area contributed by atoms with Crippen LogP contribution in [0.4, 0.5) is 4.39 Å². The van der Waals surface area contributed by atoms with E-state index in [9.17, 15) is 12.8 Å². The highest BCUT2D eigenvalue weighted by Crippen LogP contribution is 2.16. The quantitative estimate of drug-likeness (QED) is 0.872. The fourth-order valence-corrected chi connectivity index (χ4v) is 2.46. The smallest absolute Gasteiger partial charge is 0.147 e. The van der Waals surface area contributed by atoms with E-state index >= 15 is 0 Å². The third-order valence-corrected chi connectivity index (χ3v) is 3.49. The van der Waals surface area contributed by atoms with E-state index in [2.05, 4.69) is 0 Å². The van der Waals surface area contributed by atoms with Gasteiger partial charge in [0.25, 0.3) is 0 Å². The molecule has 1 aromatic rings. The fourth-order valence-electron chi connectivity index (χ4n) is 1.62. The van der Waals surface area contributed by atoms with Crippen molar-refractivity contribution in [2.24, 2.45) is 5.73 Å². The van der Waals surface area contributed by atoms with Crippen LogP contribution in [-0.4, -0.2) is 26.0 Å². The first kappa shape index (κ1) is 14.1. The SMILES string of the molecule is CC(N)(CCS(C)(=O)=O)Cc1cccc(F)c1. The van der Waals surface area contributed by atoms with Crippen molar-refractivity contribution in [3.05, 3.63) is 35.6 Å². The molecule has 0 saturated carbocycles. The van der Waals surface area contributed by atoms with Crippen LogP contribution in [0.1, 0.15) is 18.9 Å². The number of hydrogen-bond donors (Lipinski definition) is 1. The van der Waals surface area contributed by atoms with Gasteiger partial charge in [-0.1, -0.05) is 12.1 Å². The molecule has 0 aliphatic heterocycles. The molecule has 0 amide bonds. The summed E-state index contributed by atoms with van der Waals surface area (Å²) in [6.07, 6.45) is 2.01. The molecule has 1 rings (SSSR count). The fraction of sp³-hybridized carbons (Fsp3) is 0.500. The van der Waals surface area contributed by atoms with Gasteiger partial charge in [-0.15, -0.1) is 0 Å². The summed E-state index contributed by atoms with van der Waals surface area (Å²) in [5, 5.41) is 0. The van der Waals surface area contributed by atoms with E-state index in [1.54, 1.807) is 19.1 Å². The molecular weight excluding hydrogens is 241 g/mol. The van der Waals surface area contributed by atoms with Crippen LogP contribution in [0.25, 0.3) is 0 Å². The zero-order chi connectivity index (χ0) is 13.1. The maximum Gasteiger partial charge on any atom is 0.147 e. The molecule has 3 nitrogen and oxygen atoms in total. The highest BCUT2D eigenvalue weighted by atomic mass is 32.2. The summed E-state index contributed by atoms with van der Waals surface area (Å²) >= 11 is 0. The van der Waals surface area contributed by atoms with Gasteiger partial charge in [0.1, 0.15) is 15.7 Å². The van der Waals surface area contributed by atoms with Crippen LogP contribution in [0.15, 0.2) is 24.3 Å². The lowest BCUT2D eigenvalue weighted by Gasteiger charge is -2.24. The van der Waals surface area contributed by atoms with Gasteiger partial charge >= 0.3 is 0 Å². The molecule has 5 heteroatoms. The highest BCUT2D eigenvalue weighted by molar-refractivity contribution is 7.90. The zero-order valence-corrected chi connectivity index (χ0v) is 10.9. The van der Waals surface area contributed by atoms with E-state index < -0.39 is 15.4 Å². The van der Waals surface area contributed by atoms with Gasteiger partial charge in [0.15, 0.2) is 0 Å². The summed E-state index contributed by atoms with van der Waals surface area (Å²) in [6.45, 7) is 1.78. The van der Waals surface area contributed by atoms with Crippen molar-refractivity contribution in [1.29, 1.82) is 0 Å². The predicted molar refractivity (Wildman–Crippen MR) is 67.0 cm³/mol. The summed E-state index contributed by atoms with van der Waals surface area (Å²) in [6, 6.07) is 6.20. The molecule has 0 aliphatic rings. The lowest BCUT2D eigenvalue weighted by Crippen LogP contribution is -2.40. The van der Waals surface area contributed by atoms with E-state index in [1.807, 2.05) is 0 Å². The van der Waals surface area contributed by atoms with Crippen molar-refractivity contribution in [2.45, 2.75) is 25.3 Å². The normalized spacial score (nSPS) is 15.5. The Kier molecular flexibility index (Phi) is 4.27. The maximum absolute atomic E-state index is 13.0. The highest BCUT2D eigenvalue weighted by Gasteiger charge is 2.21. The van der Waals surface area contributed by atoms with Gasteiger partial charge in [-0.2, -0.15) is 0 Å². The van der Waals surface area contributed by atoms with Gasteiger partial charge in [0.2, 0.25) is 0 Å². The minimum absolute atomic E-state index is 0.0509. The first-order valence-corrected chi connectivity index (χ1v) is 7.45. The molecule has 0 spiro atoms. The standard InChI is InChI=1S/C12H18FNO2S/c1-12(14,6-7-17(2,15)16)9-10-4-3-5-11(13)8-10/h3-5,8H,6-7,9,14H2,1-2H3. The molecule has 1 atom stereocenters. The van der Waals surface area contributed by atoms with Gasteiger partial charge < -0.3 is 5.73 Å². The molecule has 1 unspecified atom stereocenters. The Morgan fingerprint density at radius 2 is 2.06 bits per heavy atom. The Morgan fingerprint density at radius 3 is 2.59 bits per heavy atom. The Balaban J connectivity index is 2.66. The summed E-state index contributed by atoms with van der Waals surface area (Å²) < 4.78 is 35.1.